The fraction of sp³-hybridized carbons (Fsp3) is 0.523. The Hall–Kier alpha value is -6.45. The van der Waals surface area contributed by atoms with Crippen molar-refractivity contribution < 1.29 is 74.1 Å². The lowest BCUT2D eigenvalue weighted by Crippen LogP contribution is -2.67. The van der Waals surface area contributed by atoms with Crippen LogP contribution in [0.15, 0.2) is 130 Å². The maximum absolute atomic E-state index is 14.9. The number of esters is 1. The van der Waals surface area contributed by atoms with Crippen LogP contribution in [0.4, 0.5) is 26.3 Å². The van der Waals surface area contributed by atoms with Gasteiger partial charge in [0.1, 0.15) is 28.1 Å². The summed E-state index contributed by atoms with van der Waals surface area (Å²) < 4.78 is 95.0. The largest absolute Gasteiger partial charge is 0.499 e. The third kappa shape index (κ3) is 12.4. The molecule has 0 aromatic heterocycles. The SMILES string of the molecule is COC1=C(C(=O)c2ccccc2)C(=O)C2(CC=C(C)C)C[C@H](C(=O)OCC(F)(F)F)C(C)(C)[C@@]1(CC=C(C)C)C2=O.COC1=C(C(=O)c2ccccc2)C(=O)[C@]2(CC=C(C)C)C(=O)C1(CC=C(C)C)C[C@H](CCCC(F)(F)F)C2(C)C. The van der Waals surface area contributed by atoms with Gasteiger partial charge in [0.25, 0.3) is 0 Å². The standard InChI is InChI=1S/C33H41F3O4.C32H37F3O6/c1-21(2)15-18-31-20-24(14-11-17-33(34,35)36)30(5,6)32(29(31)39,19-16-22(3)4)27(38)25(28(31)40-7)26(37)23-12-9-8-10-13-23;1-19(2)13-15-30-17-22(27(38)41-18-32(33,34)35)29(5,6)31(28(30)39,16-14-20(3)4)26(40-7)23(25(30)37)24(36)21-11-9-8-10-12-21/h8-10,12-13,15-16,24H,11,14,17-20H2,1-7H3;8-14,22H,15-18H2,1-7H3/t24-,31?,32+;22-,30?,31-/m01/s1. The van der Waals surface area contributed by atoms with E-state index in [4.69, 9.17) is 14.2 Å². The van der Waals surface area contributed by atoms with Gasteiger partial charge in [-0.05, 0) is 124 Å². The summed E-state index contributed by atoms with van der Waals surface area (Å²) in [5, 5.41) is 0. The summed E-state index contributed by atoms with van der Waals surface area (Å²) in [6.07, 6.45) is -2.87. The van der Waals surface area contributed by atoms with Crippen LogP contribution in [0.25, 0.3) is 0 Å². The van der Waals surface area contributed by atoms with Crippen LogP contribution in [-0.4, -0.2) is 73.8 Å². The smallest absolute Gasteiger partial charge is 0.422 e. The molecule has 0 N–H and O–H groups in total. The molecule has 2 unspecified atom stereocenters. The van der Waals surface area contributed by atoms with E-state index in [2.05, 4.69) is 0 Å². The molecule has 2 fully saturated rings. The summed E-state index contributed by atoms with van der Waals surface area (Å²) in [7, 11) is 2.61. The molecule has 10 nitrogen and oxygen atoms in total. The Bertz CT molecular complexity index is 2970. The molecule has 4 aliphatic rings. The number of hydrogen-bond donors (Lipinski definition) is 0. The van der Waals surface area contributed by atoms with Gasteiger partial charge in [0.15, 0.2) is 41.3 Å². The Balaban J connectivity index is 0.000000297. The third-order valence-corrected chi connectivity index (χ3v) is 17.4. The topological polar surface area (TPSA) is 147 Å². The highest BCUT2D eigenvalue weighted by Crippen LogP contribution is 2.69. The van der Waals surface area contributed by atoms with Crippen molar-refractivity contribution in [1.82, 2.24) is 0 Å². The van der Waals surface area contributed by atoms with Gasteiger partial charge in [-0.25, -0.2) is 0 Å². The lowest BCUT2D eigenvalue weighted by Gasteiger charge is -2.60. The molecule has 2 aromatic rings. The van der Waals surface area contributed by atoms with E-state index < -0.39 is 111 Å². The zero-order valence-electron chi connectivity index (χ0n) is 49.2. The van der Waals surface area contributed by atoms with Gasteiger partial charge in [-0.1, -0.05) is 135 Å². The van der Waals surface area contributed by atoms with Gasteiger partial charge in [0, 0.05) is 17.5 Å². The van der Waals surface area contributed by atoms with E-state index in [9.17, 15) is 59.9 Å². The van der Waals surface area contributed by atoms with Crippen LogP contribution >= 0.6 is 0 Å². The maximum Gasteiger partial charge on any atom is 0.422 e. The van der Waals surface area contributed by atoms with Crippen molar-refractivity contribution in [2.24, 2.45) is 44.3 Å². The number of alkyl halides is 6. The molecule has 0 radical (unpaired) electrons. The monoisotopic (exact) mass is 1130 g/mol. The lowest BCUT2D eigenvalue weighted by molar-refractivity contribution is -0.200. The number of halogens is 6. The number of carbonyl (C=O) groups excluding carboxylic acids is 7. The van der Waals surface area contributed by atoms with Crippen LogP contribution in [0.3, 0.4) is 0 Å². The minimum absolute atomic E-state index is 0.0389. The fourth-order valence-corrected chi connectivity index (χ4v) is 12.8. The number of carbonyl (C=O) groups is 7. The Morgan fingerprint density at radius 1 is 0.543 bits per heavy atom. The second-order valence-corrected chi connectivity index (χ2v) is 24.3. The van der Waals surface area contributed by atoms with Gasteiger partial charge < -0.3 is 14.2 Å². The summed E-state index contributed by atoms with van der Waals surface area (Å²) >= 11 is 0. The first-order valence-corrected chi connectivity index (χ1v) is 27.3. The lowest BCUT2D eigenvalue weighted by atomic mass is 9.39. The summed E-state index contributed by atoms with van der Waals surface area (Å²) in [5.74, 6) is -6.35. The number of ketones is 6. The summed E-state index contributed by atoms with van der Waals surface area (Å²) in [6, 6.07) is 16.5. The molecule has 16 heteroatoms. The van der Waals surface area contributed by atoms with Crippen molar-refractivity contribution in [3.05, 3.63) is 141 Å². The minimum Gasteiger partial charge on any atom is -0.499 e. The Morgan fingerprint density at radius 3 is 1.40 bits per heavy atom. The van der Waals surface area contributed by atoms with Crippen LogP contribution in [-0.2, 0) is 38.2 Å². The van der Waals surface area contributed by atoms with Gasteiger partial charge in [-0.2, -0.15) is 26.3 Å². The summed E-state index contributed by atoms with van der Waals surface area (Å²) in [4.78, 5) is 100. The first-order chi connectivity index (χ1) is 37.5. The number of ether oxygens (including phenoxy) is 3. The predicted octanol–water partition coefficient (Wildman–Crippen LogP) is 15.1. The van der Waals surface area contributed by atoms with Crippen LogP contribution in [0.2, 0.25) is 0 Å². The van der Waals surface area contributed by atoms with Gasteiger partial charge in [-0.3, -0.25) is 33.6 Å². The molecule has 4 aliphatic carbocycles. The Labute approximate surface area is 472 Å². The molecule has 6 rings (SSSR count). The first-order valence-electron chi connectivity index (χ1n) is 27.3. The molecule has 0 spiro atoms. The quantitative estimate of drug-likeness (QED) is 0.0332. The molecule has 6 atom stereocenters. The zero-order valence-corrected chi connectivity index (χ0v) is 49.2. The van der Waals surface area contributed by atoms with E-state index in [1.165, 1.54) is 14.2 Å². The molecule has 81 heavy (non-hydrogen) atoms. The van der Waals surface area contributed by atoms with Crippen LogP contribution in [0.5, 0.6) is 0 Å². The minimum atomic E-state index is -4.76. The fourth-order valence-electron chi connectivity index (χ4n) is 12.8. The summed E-state index contributed by atoms with van der Waals surface area (Å²) in [5.41, 5.74) is -5.49. The van der Waals surface area contributed by atoms with Gasteiger partial charge >= 0.3 is 18.3 Å². The van der Waals surface area contributed by atoms with E-state index in [0.29, 0.717) is 5.56 Å². The number of methoxy groups -OCH3 is 2. The molecule has 4 bridgehead atoms. The second-order valence-electron chi connectivity index (χ2n) is 24.3. The van der Waals surface area contributed by atoms with E-state index in [1.807, 2.05) is 67.5 Å². The van der Waals surface area contributed by atoms with Crippen molar-refractivity contribution in [3.63, 3.8) is 0 Å². The van der Waals surface area contributed by atoms with Gasteiger partial charge in [0.2, 0.25) is 0 Å². The highest BCUT2D eigenvalue weighted by molar-refractivity contribution is 6.36. The number of hydrogen-bond acceptors (Lipinski definition) is 10. The summed E-state index contributed by atoms with van der Waals surface area (Å²) in [6.45, 7) is 19.7. The molecule has 440 valence electrons. The number of rotatable bonds is 19. The Morgan fingerprint density at radius 2 is 0.963 bits per heavy atom. The first kappa shape index (κ1) is 65.4. The molecular formula is C65H78F6O10. The molecule has 0 heterocycles. The average Bonchev–Trinajstić information content (AvgIpc) is 1.40. The molecular weight excluding hydrogens is 1050 g/mol. The molecule has 0 saturated heterocycles. The van der Waals surface area contributed by atoms with Gasteiger partial charge in [0.05, 0.1) is 36.4 Å². The van der Waals surface area contributed by atoms with E-state index in [0.717, 1.165) is 22.3 Å². The number of allylic oxidation sites excluding steroid dienone is 12. The normalized spacial score (nSPS) is 25.6. The molecule has 2 saturated carbocycles. The van der Waals surface area contributed by atoms with Crippen LogP contribution in [0.1, 0.15) is 162 Å². The number of Topliss-reactive ketones (excluding diaryl/α,β-unsaturated/α-hetero) is 6. The number of fused-ring (bicyclic) bond motifs is 4. The van der Waals surface area contributed by atoms with E-state index in [1.54, 1.807) is 101 Å². The van der Waals surface area contributed by atoms with Crippen molar-refractivity contribution in [2.75, 3.05) is 20.8 Å². The van der Waals surface area contributed by atoms with E-state index in [-0.39, 0.29) is 79.0 Å². The second kappa shape index (κ2) is 24.6. The van der Waals surface area contributed by atoms with Gasteiger partial charge in [-0.15, -0.1) is 0 Å². The van der Waals surface area contributed by atoms with Crippen molar-refractivity contribution in [1.29, 1.82) is 0 Å². The van der Waals surface area contributed by atoms with Crippen molar-refractivity contribution in [3.8, 4) is 0 Å². The third-order valence-electron chi connectivity index (χ3n) is 17.4. The molecule has 2 aromatic carbocycles. The van der Waals surface area contributed by atoms with Crippen molar-refractivity contribution in [2.45, 2.75) is 153 Å². The average molecular weight is 1130 g/mol. The molecule has 0 aliphatic heterocycles. The van der Waals surface area contributed by atoms with Crippen molar-refractivity contribution >= 4 is 40.7 Å². The van der Waals surface area contributed by atoms with Crippen LogP contribution in [0, 0.1) is 44.3 Å². The highest BCUT2D eigenvalue weighted by atomic mass is 19.4. The predicted molar refractivity (Wildman–Crippen MR) is 296 cm³/mol. The maximum atomic E-state index is 14.9. The van der Waals surface area contributed by atoms with Crippen LogP contribution < -0.4 is 0 Å². The highest BCUT2D eigenvalue weighted by Gasteiger charge is 2.75. The van der Waals surface area contributed by atoms with E-state index >= 15 is 0 Å². The molecule has 0 amide bonds. The Kier molecular flexibility index (Phi) is 19.8. The number of benzene rings is 2. The zero-order chi connectivity index (χ0) is 61.1.